The fraction of sp³-hybridized carbons (Fsp3) is 1.00. The Bertz CT molecular complexity index is 125. The van der Waals surface area contributed by atoms with Crippen LogP contribution >= 0.6 is 0 Å². The number of hydrogen-bond acceptors (Lipinski definition) is 2. The third-order valence-corrected chi connectivity index (χ3v) is 2.70. The highest BCUT2D eigenvalue weighted by Crippen LogP contribution is 2.23. The minimum atomic E-state index is -0.125. The summed E-state index contributed by atoms with van der Waals surface area (Å²) in [6.45, 7) is 8.41. The summed E-state index contributed by atoms with van der Waals surface area (Å²) in [6.07, 6.45) is -0.125. The van der Waals surface area contributed by atoms with Gasteiger partial charge in [0, 0.05) is 12.5 Å². The molecule has 0 bridgehead atoms. The van der Waals surface area contributed by atoms with E-state index in [0.29, 0.717) is 17.8 Å². The zero-order valence-corrected chi connectivity index (χ0v) is 7.67. The summed E-state index contributed by atoms with van der Waals surface area (Å²) in [5, 5.41) is 13.1. The molecule has 1 fully saturated rings. The molecule has 2 N–H and O–H groups in total. The summed E-state index contributed by atoms with van der Waals surface area (Å²) in [7, 11) is 0. The van der Waals surface area contributed by atoms with Gasteiger partial charge in [-0.2, -0.15) is 0 Å². The Morgan fingerprint density at radius 3 is 2.36 bits per heavy atom. The second-order valence-electron chi connectivity index (χ2n) is 4.03. The molecule has 0 aromatic heterocycles. The highest BCUT2D eigenvalue weighted by Gasteiger charge is 2.30. The van der Waals surface area contributed by atoms with Crippen molar-refractivity contribution in [3.05, 3.63) is 0 Å². The minimum Gasteiger partial charge on any atom is -0.393 e. The molecular formula is C9H19NO. The number of hydrogen-bond donors (Lipinski definition) is 2. The smallest absolute Gasteiger partial charge is 0.0606 e. The second-order valence-corrected chi connectivity index (χ2v) is 4.03. The van der Waals surface area contributed by atoms with Crippen LogP contribution in [0.3, 0.4) is 0 Å². The summed E-state index contributed by atoms with van der Waals surface area (Å²) < 4.78 is 0. The quantitative estimate of drug-likeness (QED) is 0.623. The van der Waals surface area contributed by atoms with Crippen molar-refractivity contribution in [3.63, 3.8) is 0 Å². The Balaban J connectivity index is 2.45. The molecule has 2 unspecified atom stereocenters. The zero-order chi connectivity index (χ0) is 8.43. The molecule has 1 aliphatic rings. The minimum absolute atomic E-state index is 0.125. The summed E-state index contributed by atoms with van der Waals surface area (Å²) in [5.74, 6) is 1.49. The predicted molar refractivity (Wildman–Crippen MR) is 46.4 cm³/mol. The summed E-state index contributed by atoms with van der Waals surface area (Å²) in [6, 6.07) is 0. The lowest BCUT2D eigenvalue weighted by molar-refractivity contribution is 0.0567. The van der Waals surface area contributed by atoms with Crippen LogP contribution < -0.4 is 5.32 Å². The Labute approximate surface area is 69.0 Å². The van der Waals surface area contributed by atoms with Crippen molar-refractivity contribution in [2.24, 2.45) is 17.8 Å². The monoisotopic (exact) mass is 157 g/mol. The molecule has 1 rings (SSSR count). The lowest BCUT2D eigenvalue weighted by Crippen LogP contribution is -2.30. The molecular weight excluding hydrogens is 138 g/mol. The first-order valence-corrected chi connectivity index (χ1v) is 4.51. The fourth-order valence-electron chi connectivity index (χ4n) is 1.78. The van der Waals surface area contributed by atoms with E-state index in [4.69, 9.17) is 0 Å². The lowest BCUT2D eigenvalue weighted by atomic mass is 9.86. The van der Waals surface area contributed by atoms with E-state index in [1.54, 1.807) is 0 Å². The molecule has 1 aliphatic heterocycles. The summed E-state index contributed by atoms with van der Waals surface area (Å²) in [4.78, 5) is 0. The average Bonchev–Trinajstić information content (AvgIpc) is 2.33. The van der Waals surface area contributed by atoms with Gasteiger partial charge in [0.15, 0.2) is 0 Å². The van der Waals surface area contributed by atoms with E-state index in [9.17, 15) is 5.11 Å². The predicted octanol–water partition coefficient (Wildman–Crippen LogP) is 0.859. The van der Waals surface area contributed by atoms with Crippen molar-refractivity contribution in [1.82, 2.24) is 5.32 Å². The van der Waals surface area contributed by atoms with Gasteiger partial charge in [0.05, 0.1) is 6.10 Å². The molecule has 0 aromatic carbocycles. The van der Waals surface area contributed by atoms with E-state index in [0.717, 1.165) is 13.1 Å². The average molecular weight is 157 g/mol. The SMILES string of the molecule is CC(C)C(O)C1CNC[C@H]1C. The Kier molecular flexibility index (Phi) is 2.90. The number of aliphatic hydroxyl groups is 1. The van der Waals surface area contributed by atoms with Gasteiger partial charge in [-0.05, 0) is 18.4 Å². The highest BCUT2D eigenvalue weighted by atomic mass is 16.3. The molecule has 2 heteroatoms. The van der Waals surface area contributed by atoms with Crippen molar-refractivity contribution >= 4 is 0 Å². The normalized spacial score (nSPS) is 34.6. The van der Waals surface area contributed by atoms with Crippen LogP contribution in [0, 0.1) is 17.8 Å². The first kappa shape index (κ1) is 9.01. The Hall–Kier alpha value is -0.0800. The van der Waals surface area contributed by atoms with Gasteiger partial charge in [-0.3, -0.25) is 0 Å². The maximum Gasteiger partial charge on any atom is 0.0606 e. The van der Waals surface area contributed by atoms with E-state index >= 15 is 0 Å². The van der Waals surface area contributed by atoms with Crippen molar-refractivity contribution in [1.29, 1.82) is 0 Å². The van der Waals surface area contributed by atoms with Crippen LogP contribution in [0.15, 0.2) is 0 Å². The van der Waals surface area contributed by atoms with Gasteiger partial charge < -0.3 is 10.4 Å². The van der Waals surface area contributed by atoms with E-state index in [1.807, 2.05) is 0 Å². The number of nitrogens with one attached hydrogen (secondary N) is 1. The third-order valence-electron chi connectivity index (χ3n) is 2.70. The first-order chi connectivity index (χ1) is 5.13. The largest absolute Gasteiger partial charge is 0.393 e. The molecule has 2 nitrogen and oxygen atoms in total. The Morgan fingerprint density at radius 1 is 1.36 bits per heavy atom. The molecule has 0 radical (unpaired) electrons. The van der Waals surface area contributed by atoms with Gasteiger partial charge >= 0.3 is 0 Å². The fourth-order valence-corrected chi connectivity index (χ4v) is 1.78. The van der Waals surface area contributed by atoms with Gasteiger partial charge in [0.2, 0.25) is 0 Å². The molecule has 66 valence electrons. The molecule has 0 amide bonds. The van der Waals surface area contributed by atoms with Crippen LogP contribution in [0.25, 0.3) is 0 Å². The topological polar surface area (TPSA) is 32.3 Å². The Morgan fingerprint density at radius 2 is 2.00 bits per heavy atom. The van der Waals surface area contributed by atoms with Gasteiger partial charge in [0.25, 0.3) is 0 Å². The number of aliphatic hydroxyl groups excluding tert-OH is 1. The summed E-state index contributed by atoms with van der Waals surface area (Å²) >= 11 is 0. The van der Waals surface area contributed by atoms with Crippen LogP contribution in [0.2, 0.25) is 0 Å². The third kappa shape index (κ3) is 1.94. The highest BCUT2D eigenvalue weighted by molar-refractivity contribution is 4.84. The molecule has 0 aromatic rings. The standard InChI is InChI=1S/C9H19NO/c1-6(2)9(11)8-5-10-4-7(8)3/h6-11H,4-5H2,1-3H3/t7-,8?,9?/m1/s1. The molecule has 1 saturated heterocycles. The molecule has 1 heterocycles. The molecule has 0 saturated carbocycles. The van der Waals surface area contributed by atoms with Crippen LogP contribution in [0.4, 0.5) is 0 Å². The van der Waals surface area contributed by atoms with Crippen LogP contribution in [-0.4, -0.2) is 24.3 Å². The van der Waals surface area contributed by atoms with Crippen LogP contribution in [-0.2, 0) is 0 Å². The van der Waals surface area contributed by atoms with Crippen molar-refractivity contribution in [3.8, 4) is 0 Å². The molecule has 11 heavy (non-hydrogen) atoms. The van der Waals surface area contributed by atoms with E-state index < -0.39 is 0 Å². The van der Waals surface area contributed by atoms with Gasteiger partial charge in [-0.25, -0.2) is 0 Å². The van der Waals surface area contributed by atoms with E-state index in [-0.39, 0.29) is 6.10 Å². The summed E-state index contributed by atoms with van der Waals surface area (Å²) in [5.41, 5.74) is 0. The maximum absolute atomic E-state index is 9.76. The van der Waals surface area contributed by atoms with E-state index in [1.165, 1.54) is 0 Å². The lowest BCUT2D eigenvalue weighted by Gasteiger charge is -2.24. The van der Waals surface area contributed by atoms with Crippen molar-refractivity contribution < 1.29 is 5.11 Å². The van der Waals surface area contributed by atoms with Gasteiger partial charge in [0.1, 0.15) is 0 Å². The number of rotatable bonds is 2. The maximum atomic E-state index is 9.76. The van der Waals surface area contributed by atoms with Gasteiger partial charge in [-0.1, -0.05) is 20.8 Å². The van der Waals surface area contributed by atoms with Crippen molar-refractivity contribution in [2.45, 2.75) is 26.9 Å². The molecule has 0 aliphatic carbocycles. The van der Waals surface area contributed by atoms with Crippen LogP contribution in [0.5, 0.6) is 0 Å². The van der Waals surface area contributed by atoms with Gasteiger partial charge in [-0.15, -0.1) is 0 Å². The van der Waals surface area contributed by atoms with Crippen LogP contribution in [0.1, 0.15) is 20.8 Å². The first-order valence-electron chi connectivity index (χ1n) is 4.51. The second kappa shape index (κ2) is 3.55. The zero-order valence-electron chi connectivity index (χ0n) is 7.67. The molecule has 3 atom stereocenters. The van der Waals surface area contributed by atoms with E-state index in [2.05, 4.69) is 26.1 Å². The molecule has 0 spiro atoms. The van der Waals surface area contributed by atoms with Crippen molar-refractivity contribution in [2.75, 3.05) is 13.1 Å².